The van der Waals surface area contributed by atoms with Gasteiger partial charge in [-0.25, -0.2) is 0 Å². The minimum Gasteiger partial charge on any atom is -0.339 e. The van der Waals surface area contributed by atoms with E-state index in [2.05, 4.69) is 24.1 Å². The van der Waals surface area contributed by atoms with E-state index in [4.69, 9.17) is 0 Å². The minimum atomic E-state index is -0.352. The highest BCUT2D eigenvalue weighted by molar-refractivity contribution is 5.97. The monoisotopic (exact) mass is 421 g/mol. The summed E-state index contributed by atoms with van der Waals surface area (Å²) < 4.78 is 0. The third-order valence-corrected chi connectivity index (χ3v) is 6.38. The molecule has 2 aromatic rings. The van der Waals surface area contributed by atoms with Crippen LogP contribution in [0.25, 0.3) is 0 Å². The zero-order valence-electron chi connectivity index (χ0n) is 19.0. The lowest BCUT2D eigenvalue weighted by Crippen LogP contribution is -2.38. The third kappa shape index (κ3) is 5.73. The molecule has 5 heteroatoms. The lowest BCUT2D eigenvalue weighted by molar-refractivity contribution is -0.121. The van der Waals surface area contributed by atoms with Crippen molar-refractivity contribution in [2.24, 2.45) is 0 Å². The second kappa shape index (κ2) is 11.1. The van der Waals surface area contributed by atoms with Crippen molar-refractivity contribution in [2.45, 2.75) is 58.0 Å². The van der Waals surface area contributed by atoms with E-state index < -0.39 is 0 Å². The molecule has 0 aliphatic heterocycles. The van der Waals surface area contributed by atoms with Gasteiger partial charge >= 0.3 is 0 Å². The van der Waals surface area contributed by atoms with Crippen LogP contribution in [0.2, 0.25) is 0 Å². The van der Waals surface area contributed by atoms with Crippen molar-refractivity contribution in [3.63, 3.8) is 0 Å². The number of nitrogens with one attached hydrogen (secondary N) is 1. The molecule has 2 amide bonds. The maximum absolute atomic E-state index is 13.2. The molecular weight excluding hydrogens is 386 g/mol. The van der Waals surface area contributed by atoms with Crippen LogP contribution in [-0.4, -0.2) is 47.8 Å². The molecule has 1 aliphatic rings. The fourth-order valence-electron chi connectivity index (χ4n) is 4.50. The molecule has 1 saturated carbocycles. The molecular formula is C26H35N3O2. The summed E-state index contributed by atoms with van der Waals surface area (Å²) >= 11 is 0. The largest absolute Gasteiger partial charge is 0.339 e. The molecule has 166 valence electrons. The van der Waals surface area contributed by atoms with Crippen molar-refractivity contribution in [3.8, 4) is 0 Å². The summed E-state index contributed by atoms with van der Waals surface area (Å²) in [6.07, 6.45) is 5.83. The van der Waals surface area contributed by atoms with Gasteiger partial charge < -0.3 is 10.2 Å². The van der Waals surface area contributed by atoms with Gasteiger partial charge in [0.1, 0.15) is 6.04 Å². The Kier molecular flexibility index (Phi) is 8.24. The molecule has 1 aliphatic carbocycles. The van der Waals surface area contributed by atoms with Gasteiger partial charge in [0.2, 0.25) is 5.91 Å². The van der Waals surface area contributed by atoms with E-state index in [-0.39, 0.29) is 17.9 Å². The number of anilines is 1. The first-order chi connectivity index (χ1) is 15.0. The molecule has 0 spiro atoms. The number of hydrogen-bond acceptors (Lipinski definition) is 3. The third-order valence-electron chi connectivity index (χ3n) is 6.38. The molecule has 0 heterocycles. The molecule has 2 aromatic carbocycles. The summed E-state index contributed by atoms with van der Waals surface area (Å²) in [5, 5.41) is 3.04. The van der Waals surface area contributed by atoms with Crippen LogP contribution in [0.15, 0.2) is 54.6 Å². The van der Waals surface area contributed by atoms with Gasteiger partial charge in [-0.05, 0) is 55.8 Å². The molecule has 1 N–H and O–H groups in total. The minimum absolute atomic E-state index is 0.0510. The summed E-state index contributed by atoms with van der Waals surface area (Å²) in [4.78, 5) is 30.1. The van der Waals surface area contributed by atoms with Gasteiger partial charge in [-0.2, -0.15) is 0 Å². The smallest absolute Gasteiger partial charge is 0.253 e. The van der Waals surface area contributed by atoms with Crippen LogP contribution in [0, 0.1) is 0 Å². The zero-order chi connectivity index (χ0) is 22.2. The Bertz CT molecular complexity index is 841. The van der Waals surface area contributed by atoms with Crippen LogP contribution >= 0.6 is 0 Å². The van der Waals surface area contributed by atoms with Crippen molar-refractivity contribution >= 4 is 17.5 Å². The predicted octanol–water partition coefficient (Wildman–Crippen LogP) is 5.11. The second-order valence-corrected chi connectivity index (χ2v) is 8.31. The number of carbonyl (C=O) groups is 2. The molecule has 1 fully saturated rings. The first-order valence-electron chi connectivity index (χ1n) is 11.5. The Morgan fingerprint density at radius 2 is 1.55 bits per heavy atom. The van der Waals surface area contributed by atoms with E-state index in [9.17, 15) is 9.59 Å². The van der Waals surface area contributed by atoms with Crippen LogP contribution in [0.5, 0.6) is 0 Å². The maximum Gasteiger partial charge on any atom is 0.253 e. The van der Waals surface area contributed by atoms with Crippen molar-refractivity contribution in [3.05, 3.63) is 65.7 Å². The van der Waals surface area contributed by atoms with E-state index in [1.807, 2.05) is 66.5 Å². The van der Waals surface area contributed by atoms with Crippen molar-refractivity contribution in [1.82, 2.24) is 9.80 Å². The molecule has 1 unspecified atom stereocenters. The molecule has 31 heavy (non-hydrogen) atoms. The molecule has 0 bridgehead atoms. The molecule has 3 rings (SSSR count). The molecule has 0 radical (unpaired) electrons. The predicted molar refractivity (Wildman–Crippen MR) is 126 cm³/mol. The fourth-order valence-corrected chi connectivity index (χ4v) is 4.50. The van der Waals surface area contributed by atoms with Crippen LogP contribution in [0.4, 0.5) is 5.69 Å². The number of carbonyl (C=O) groups excluding carboxylic acids is 2. The highest BCUT2D eigenvalue weighted by Crippen LogP contribution is 2.25. The van der Waals surface area contributed by atoms with Gasteiger partial charge in [0, 0.05) is 24.3 Å². The summed E-state index contributed by atoms with van der Waals surface area (Å²) in [5.74, 6) is -0.0108. The van der Waals surface area contributed by atoms with Gasteiger partial charge in [-0.3, -0.25) is 14.5 Å². The molecule has 1 atom stereocenters. The Morgan fingerprint density at radius 3 is 2.13 bits per heavy atom. The number of likely N-dealkylation sites (N-methyl/N-ethyl adjacent to an activating group) is 1. The number of hydrogen-bond donors (Lipinski definition) is 1. The Morgan fingerprint density at radius 1 is 0.935 bits per heavy atom. The van der Waals surface area contributed by atoms with E-state index in [0.29, 0.717) is 17.3 Å². The molecule has 5 nitrogen and oxygen atoms in total. The zero-order valence-corrected chi connectivity index (χ0v) is 19.0. The Balaban J connectivity index is 1.70. The first-order valence-corrected chi connectivity index (χ1v) is 11.5. The maximum atomic E-state index is 13.2. The first kappa shape index (κ1) is 23.0. The average Bonchev–Trinajstić information content (AvgIpc) is 2.83. The standard InChI is InChI=1S/C26H35N3O2/c1-4-29(5-2)24(20-12-8-6-9-13-20)25(30)27-22-18-16-21(17-19-22)26(31)28(3)23-14-10-7-11-15-23/h6,8-9,12-13,16-19,23-24H,4-5,7,10-11,14-15H2,1-3H3,(H,27,30). The highest BCUT2D eigenvalue weighted by Gasteiger charge is 2.26. The number of amides is 2. The van der Waals surface area contributed by atoms with E-state index in [0.717, 1.165) is 31.5 Å². The number of nitrogens with zero attached hydrogens (tertiary/aromatic N) is 2. The van der Waals surface area contributed by atoms with Crippen molar-refractivity contribution < 1.29 is 9.59 Å². The normalized spacial score (nSPS) is 15.5. The average molecular weight is 422 g/mol. The summed E-state index contributed by atoms with van der Waals surface area (Å²) in [7, 11) is 1.91. The van der Waals surface area contributed by atoms with Gasteiger partial charge in [0.05, 0.1) is 0 Å². The SMILES string of the molecule is CCN(CC)C(C(=O)Nc1ccc(C(=O)N(C)C2CCCCC2)cc1)c1ccccc1. The van der Waals surface area contributed by atoms with Crippen LogP contribution in [0.1, 0.15) is 67.9 Å². The number of rotatable bonds is 8. The van der Waals surface area contributed by atoms with E-state index in [1.165, 1.54) is 19.3 Å². The molecule has 0 aromatic heterocycles. The second-order valence-electron chi connectivity index (χ2n) is 8.31. The summed E-state index contributed by atoms with van der Waals surface area (Å²) in [6, 6.07) is 17.1. The van der Waals surface area contributed by atoms with E-state index >= 15 is 0 Å². The summed E-state index contributed by atoms with van der Waals surface area (Å²) in [6.45, 7) is 5.70. The van der Waals surface area contributed by atoms with Crippen LogP contribution in [0.3, 0.4) is 0 Å². The Labute approximate surface area is 186 Å². The van der Waals surface area contributed by atoms with Crippen molar-refractivity contribution in [2.75, 3.05) is 25.5 Å². The lowest BCUT2D eigenvalue weighted by atomic mass is 9.94. The fraction of sp³-hybridized carbons (Fsp3) is 0.462. The van der Waals surface area contributed by atoms with Crippen molar-refractivity contribution in [1.29, 1.82) is 0 Å². The van der Waals surface area contributed by atoms with Gasteiger partial charge in [0.15, 0.2) is 0 Å². The topological polar surface area (TPSA) is 52.7 Å². The van der Waals surface area contributed by atoms with Crippen LogP contribution in [-0.2, 0) is 4.79 Å². The quantitative estimate of drug-likeness (QED) is 0.644. The van der Waals surface area contributed by atoms with Gasteiger partial charge in [-0.15, -0.1) is 0 Å². The lowest BCUT2D eigenvalue weighted by Gasteiger charge is -2.31. The van der Waals surface area contributed by atoms with Gasteiger partial charge in [0.25, 0.3) is 5.91 Å². The number of benzene rings is 2. The highest BCUT2D eigenvalue weighted by atomic mass is 16.2. The molecule has 0 saturated heterocycles. The van der Waals surface area contributed by atoms with E-state index in [1.54, 1.807) is 0 Å². The van der Waals surface area contributed by atoms with Gasteiger partial charge in [-0.1, -0.05) is 63.4 Å². The van der Waals surface area contributed by atoms with Crippen LogP contribution < -0.4 is 5.32 Å². The summed E-state index contributed by atoms with van der Waals surface area (Å²) in [5.41, 5.74) is 2.34. The Hall–Kier alpha value is -2.66.